The maximum absolute atomic E-state index is 14.4. The van der Waals surface area contributed by atoms with Crippen molar-refractivity contribution in [1.29, 1.82) is 5.26 Å². The van der Waals surface area contributed by atoms with Crippen LogP contribution < -0.4 is 19.7 Å². The first-order valence-corrected chi connectivity index (χ1v) is 15.9. The number of benzene rings is 1. The Balaban J connectivity index is 1.22. The highest BCUT2D eigenvalue weighted by atomic mass is 16.6. The number of carbonyl (C=O) groups is 3. The lowest BCUT2D eigenvalue weighted by molar-refractivity contribution is -0.121. The number of amides is 3. The predicted molar refractivity (Wildman–Crippen MR) is 156 cm³/mol. The van der Waals surface area contributed by atoms with Gasteiger partial charge in [0.1, 0.15) is 31.1 Å². The van der Waals surface area contributed by atoms with E-state index in [2.05, 4.69) is 11.4 Å². The highest BCUT2D eigenvalue weighted by Crippen LogP contribution is 2.53. The van der Waals surface area contributed by atoms with Crippen LogP contribution in [0.1, 0.15) is 83.8 Å². The Bertz CT molecular complexity index is 1570. The van der Waals surface area contributed by atoms with E-state index < -0.39 is 18.0 Å². The zero-order chi connectivity index (χ0) is 30.1. The number of aromatic nitrogens is 2. The van der Waals surface area contributed by atoms with Crippen LogP contribution in [0.15, 0.2) is 18.2 Å². The molecule has 2 aromatic rings. The van der Waals surface area contributed by atoms with Crippen LogP contribution in [0.2, 0.25) is 0 Å². The monoisotopic (exact) mass is 600 g/mol. The number of fused-ring (bicyclic) bond motifs is 3. The standard InChI is InChI=1S/C32H36N6O6/c1-2-36-30-26(28(35-38(30)20-7-9-42-10-8-20)32(41)37-21(16-33)13-19-14-22(19)37)25(17-3-4-17)27(31(36)40)34-29(39)18-5-6-23-24(15-18)44-12-11-43-23/h5-6,15,17,19-22,25,27H,2-4,7-14H2,1H3,(H,34,39)/t19-,21-,22+,25-,27-/m0/s1. The van der Waals surface area contributed by atoms with Gasteiger partial charge >= 0.3 is 0 Å². The second-order valence-electron chi connectivity index (χ2n) is 12.8. The molecule has 2 saturated carbocycles. The number of piperidine rings is 1. The van der Waals surface area contributed by atoms with Crippen molar-refractivity contribution in [2.75, 3.05) is 37.9 Å². The first-order valence-electron chi connectivity index (χ1n) is 15.9. The number of ether oxygens (including phenoxy) is 3. The SMILES string of the molecule is CCN1C(=O)[C@@H](NC(=O)c2ccc3c(c2)OCCO3)[C@@H](C2CC2)c2c(C(=O)N3[C@H](C#N)C[C@H]4C[C@H]43)nn(C3CCOCC3)c21. The lowest BCUT2D eigenvalue weighted by atomic mass is 9.82. The largest absolute Gasteiger partial charge is 0.486 e. The van der Waals surface area contributed by atoms with Gasteiger partial charge in [-0.1, -0.05) is 0 Å². The Morgan fingerprint density at radius 2 is 1.82 bits per heavy atom. The van der Waals surface area contributed by atoms with Crippen molar-refractivity contribution in [3.8, 4) is 17.6 Å². The van der Waals surface area contributed by atoms with Crippen LogP contribution in [0, 0.1) is 23.2 Å². The average Bonchev–Trinajstić information content (AvgIpc) is 3.98. The third-order valence-electron chi connectivity index (χ3n) is 10.2. The van der Waals surface area contributed by atoms with Crippen molar-refractivity contribution in [1.82, 2.24) is 20.0 Å². The van der Waals surface area contributed by atoms with Crippen molar-refractivity contribution in [3.05, 3.63) is 35.0 Å². The summed E-state index contributed by atoms with van der Waals surface area (Å²) >= 11 is 0. The van der Waals surface area contributed by atoms with E-state index in [-0.39, 0.29) is 35.7 Å². The maximum atomic E-state index is 14.4. The fourth-order valence-electron chi connectivity index (χ4n) is 7.77. The summed E-state index contributed by atoms with van der Waals surface area (Å²) in [7, 11) is 0. The quantitative estimate of drug-likeness (QED) is 0.534. The molecule has 2 aliphatic carbocycles. The molecule has 2 saturated heterocycles. The summed E-state index contributed by atoms with van der Waals surface area (Å²) in [5.41, 5.74) is 1.42. The summed E-state index contributed by atoms with van der Waals surface area (Å²) in [4.78, 5) is 45.9. The van der Waals surface area contributed by atoms with Crippen LogP contribution in [0.3, 0.4) is 0 Å². The molecule has 0 bridgehead atoms. The van der Waals surface area contributed by atoms with Crippen molar-refractivity contribution >= 4 is 23.5 Å². The van der Waals surface area contributed by atoms with Crippen LogP contribution in [-0.4, -0.2) is 83.5 Å². The molecule has 4 fully saturated rings. The van der Waals surface area contributed by atoms with Crippen LogP contribution in [0.4, 0.5) is 5.82 Å². The second-order valence-corrected chi connectivity index (χ2v) is 12.8. The molecule has 1 aromatic carbocycles. The molecule has 4 aliphatic heterocycles. The van der Waals surface area contributed by atoms with Crippen LogP contribution in [-0.2, 0) is 9.53 Å². The van der Waals surface area contributed by atoms with Gasteiger partial charge in [-0.25, -0.2) is 4.68 Å². The Morgan fingerprint density at radius 3 is 2.55 bits per heavy atom. The number of hydrogen-bond acceptors (Lipinski definition) is 8. The third-order valence-corrected chi connectivity index (χ3v) is 10.2. The van der Waals surface area contributed by atoms with Gasteiger partial charge < -0.3 is 24.4 Å². The molecule has 3 amide bonds. The lowest BCUT2D eigenvalue weighted by Crippen LogP contribution is -2.56. The summed E-state index contributed by atoms with van der Waals surface area (Å²) < 4.78 is 18.8. The molecule has 5 heterocycles. The Hall–Kier alpha value is -4.11. The van der Waals surface area contributed by atoms with E-state index in [4.69, 9.17) is 19.3 Å². The van der Waals surface area contributed by atoms with E-state index in [0.29, 0.717) is 73.9 Å². The van der Waals surface area contributed by atoms with Crippen molar-refractivity contribution in [2.45, 2.75) is 75.5 Å². The summed E-state index contributed by atoms with van der Waals surface area (Å²) in [6.07, 6.45) is 4.83. The van der Waals surface area contributed by atoms with Gasteiger partial charge in [-0.05, 0) is 75.5 Å². The number of anilines is 1. The van der Waals surface area contributed by atoms with Gasteiger partial charge in [-0.3, -0.25) is 19.3 Å². The minimum Gasteiger partial charge on any atom is -0.486 e. The number of likely N-dealkylation sites (tertiary alicyclic amines) is 1. The molecular weight excluding hydrogens is 564 g/mol. The topological polar surface area (TPSA) is 139 Å². The number of carbonyl (C=O) groups excluding carboxylic acids is 3. The molecule has 230 valence electrons. The molecule has 0 radical (unpaired) electrons. The van der Waals surface area contributed by atoms with Crippen molar-refractivity contribution in [2.24, 2.45) is 11.8 Å². The molecule has 1 N–H and O–H groups in total. The normalized spacial score (nSPS) is 29.1. The van der Waals surface area contributed by atoms with E-state index in [1.807, 2.05) is 11.6 Å². The van der Waals surface area contributed by atoms with E-state index in [1.165, 1.54) is 0 Å². The van der Waals surface area contributed by atoms with Gasteiger partial charge in [0.05, 0.1) is 12.1 Å². The lowest BCUT2D eigenvalue weighted by Gasteiger charge is -2.39. The Kier molecular flexibility index (Phi) is 6.55. The molecule has 0 spiro atoms. The Labute approximate surface area is 255 Å². The molecule has 12 heteroatoms. The van der Waals surface area contributed by atoms with Gasteiger partial charge in [-0.15, -0.1) is 0 Å². The number of nitrogens with zero attached hydrogens (tertiary/aromatic N) is 5. The summed E-state index contributed by atoms with van der Waals surface area (Å²) in [5, 5.41) is 18.0. The van der Waals surface area contributed by atoms with E-state index in [0.717, 1.165) is 37.7 Å². The second kappa shape index (κ2) is 10.5. The van der Waals surface area contributed by atoms with Gasteiger partial charge in [-0.2, -0.15) is 10.4 Å². The summed E-state index contributed by atoms with van der Waals surface area (Å²) in [5.74, 6) is 0.991. The highest BCUT2D eigenvalue weighted by molar-refractivity contribution is 6.07. The predicted octanol–water partition coefficient (Wildman–Crippen LogP) is 2.79. The van der Waals surface area contributed by atoms with Crippen molar-refractivity contribution < 1.29 is 28.6 Å². The smallest absolute Gasteiger partial charge is 0.276 e. The van der Waals surface area contributed by atoms with Crippen molar-refractivity contribution in [3.63, 3.8) is 0 Å². The molecule has 8 rings (SSSR count). The van der Waals surface area contributed by atoms with Gasteiger partial charge in [0.2, 0.25) is 0 Å². The fraction of sp³-hybridized carbons (Fsp3) is 0.594. The number of nitriles is 1. The van der Waals surface area contributed by atoms with Crippen LogP contribution >= 0.6 is 0 Å². The number of hydrogen-bond donors (Lipinski definition) is 1. The first-order chi connectivity index (χ1) is 21.5. The molecule has 12 nitrogen and oxygen atoms in total. The minimum atomic E-state index is -0.867. The van der Waals surface area contributed by atoms with Crippen LogP contribution in [0.5, 0.6) is 11.5 Å². The molecule has 6 aliphatic rings. The zero-order valence-corrected chi connectivity index (χ0v) is 24.7. The maximum Gasteiger partial charge on any atom is 0.276 e. The Morgan fingerprint density at radius 1 is 1.05 bits per heavy atom. The molecule has 5 atom stereocenters. The fourth-order valence-corrected chi connectivity index (χ4v) is 7.77. The first kappa shape index (κ1) is 27.4. The number of likely N-dealkylation sites (N-methyl/N-ethyl adjacent to an activating group) is 1. The van der Waals surface area contributed by atoms with E-state index >= 15 is 0 Å². The molecule has 1 aromatic heterocycles. The van der Waals surface area contributed by atoms with Gasteiger partial charge in [0, 0.05) is 42.8 Å². The average molecular weight is 601 g/mol. The minimum absolute atomic E-state index is 0.0244. The highest BCUT2D eigenvalue weighted by Gasteiger charge is 2.57. The molecular formula is C32H36N6O6. The number of nitrogens with one attached hydrogen (secondary N) is 1. The summed E-state index contributed by atoms with van der Waals surface area (Å²) in [6, 6.07) is 6.06. The van der Waals surface area contributed by atoms with Gasteiger partial charge in [0.25, 0.3) is 17.7 Å². The number of rotatable bonds is 6. The third kappa shape index (κ3) is 4.35. The zero-order valence-electron chi connectivity index (χ0n) is 24.7. The molecule has 44 heavy (non-hydrogen) atoms. The molecule has 0 unspecified atom stereocenters. The van der Waals surface area contributed by atoms with Crippen LogP contribution in [0.25, 0.3) is 0 Å². The van der Waals surface area contributed by atoms with Gasteiger partial charge in [0.15, 0.2) is 17.2 Å². The summed E-state index contributed by atoms with van der Waals surface area (Å²) in [6.45, 7) is 4.27. The van der Waals surface area contributed by atoms with E-state index in [9.17, 15) is 19.6 Å². The van der Waals surface area contributed by atoms with E-state index in [1.54, 1.807) is 28.0 Å².